The molecule has 5 heteroatoms. The zero-order valence-corrected chi connectivity index (χ0v) is 9.16. The Morgan fingerprint density at radius 3 is 2.65 bits per heavy atom. The van der Waals surface area contributed by atoms with Crippen molar-refractivity contribution in [3.63, 3.8) is 0 Å². The van der Waals surface area contributed by atoms with Crippen LogP contribution in [0.1, 0.15) is 29.6 Å². The van der Waals surface area contributed by atoms with Crippen molar-refractivity contribution in [2.75, 3.05) is 5.32 Å². The second-order valence-electron chi connectivity index (χ2n) is 4.23. The summed E-state index contributed by atoms with van der Waals surface area (Å²) < 4.78 is 13.5. The van der Waals surface area contributed by atoms with E-state index in [-0.39, 0.29) is 5.56 Å². The van der Waals surface area contributed by atoms with E-state index in [1.165, 1.54) is 12.1 Å². The lowest BCUT2D eigenvalue weighted by molar-refractivity contribution is 0.0996. The summed E-state index contributed by atoms with van der Waals surface area (Å²) in [6.45, 7) is 0. The Bertz CT molecular complexity index is 503. The smallest absolute Gasteiger partial charge is 0.251 e. The fourth-order valence-corrected chi connectivity index (χ4v) is 1.86. The van der Waals surface area contributed by atoms with Crippen LogP contribution in [0.25, 0.3) is 0 Å². The fraction of sp³-hybridized carbons (Fsp3) is 0.333. The minimum atomic E-state index is -0.798. The van der Waals surface area contributed by atoms with Gasteiger partial charge in [-0.3, -0.25) is 4.79 Å². The Labute approximate surface area is 98.2 Å². The highest BCUT2D eigenvalue weighted by molar-refractivity contribution is 5.93. The van der Waals surface area contributed by atoms with E-state index in [0.717, 1.165) is 19.3 Å². The number of nitriles is 1. The molecule has 88 valence electrons. The standard InChI is InChI=1S/C12H12FN3O/c13-10-6-8(2-3-9(10)11(15)17)16-12(7-14)4-1-5-12/h2-3,6,16H,1,4-5H2,(H2,15,17). The molecule has 17 heavy (non-hydrogen) atoms. The number of benzene rings is 1. The second-order valence-corrected chi connectivity index (χ2v) is 4.23. The number of anilines is 1. The summed E-state index contributed by atoms with van der Waals surface area (Å²) >= 11 is 0. The number of carbonyl (C=O) groups excluding carboxylic acids is 1. The number of halogens is 1. The third-order valence-electron chi connectivity index (χ3n) is 3.04. The molecule has 0 aromatic heterocycles. The van der Waals surface area contributed by atoms with Gasteiger partial charge in [-0.2, -0.15) is 5.26 Å². The molecule has 0 atom stereocenters. The molecule has 0 saturated heterocycles. The third-order valence-corrected chi connectivity index (χ3v) is 3.04. The number of hydrogen-bond acceptors (Lipinski definition) is 3. The van der Waals surface area contributed by atoms with Gasteiger partial charge < -0.3 is 11.1 Å². The first-order valence-electron chi connectivity index (χ1n) is 5.35. The zero-order chi connectivity index (χ0) is 12.5. The van der Waals surface area contributed by atoms with Crippen LogP contribution in [0.4, 0.5) is 10.1 Å². The van der Waals surface area contributed by atoms with Crippen LogP contribution in [0, 0.1) is 17.1 Å². The van der Waals surface area contributed by atoms with Gasteiger partial charge in [0.05, 0.1) is 11.6 Å². The van der Waals surface area contributed by atoms with Gasteiger partial charge in [-0.15, -0.1) is 0 Å². The quantitative estimate of drug-likeness (QED) is 0.835. The molecule has 0 spiro atoms. The van der Waals surface area contributed by atoms with Gasteiger partial charge in [0.2, 0.25) is 0 Å². The number of hydrogen-bond donors (Lipinski definition) is 2. The van der Waals surface area contributed by atoms with Gasteiger partial charge in [0.15, 0.2) is 0 Å². The van der Waals surface area contributed by atoms with E-state index < -0.39 is 17.3 Å². The van der Waals surface area contributed by atoms with Crippen LogP contribution in [-0.2, 0) is 0 Å². The molecule has 0 aliphatic heterocycles. The number of nitrogens with two attached hydrogens (primary N) is 1. The Kier molecular flexibility index (Phi) is 2.72. The fourth-order valence-electron chi connectivity index (χ4n) is 1.86. The number of carbonyl (C=O) groups is 1. The van der Waals surface area contributed by atoms with Gasteiger partial charge in [-0.1, -0.05) is 0 Å². The van der Waals surface area contributed by atoms with E-state index in [9.17, 15) is 9.18 Å². The minimum Gasteiger partial charge on any atom is -0.367 e. The topological polar surface area (TPSA) is 78.9 Å². The predicted molar refractivity (Wildman–Crippen MR) is 60.7 cm³/mol. The Hall–Kier alpha value is -2.09. The van der Waals surface area contributed by atoms with Gasteiger partial charge in [0.1, 0.15) is 11.4 Å². The highest BCUT2D eigenvalue weighted by Gasteiger charge is 2.37. The van der Waals surface area contributed by atoms with Crippen molar-refractivity contribution in [3.05, 3.63) is 29.6 Å². The molecule has 1 amide bonds. The third kappa shape index (κ3) is 2.07. The lowest BCUT2D eigenvalue weighted by Crippen LogP contribution is -2.43. The number of nitrogens with zero attached hydrogens (tertiary/aromatic N) is 1. The predicted octanol–water partition coefficient (Wildman–Crippen LogP) is 1.78. The van der Waals surface area contributed by atoms with Gasteiger partial charge >= 0.3 is 0 Å². The molecule has 1 aliphatic rings. The molecule has 4 nitrogen and oxygen atoms in total. The number of nitrogens with one attached hydrogen (secondary N) is 1. The van der Waals surface area contributed by atoms with Crippen LogP contribution in [0.3, 0.4) is 0 Å². The Morgan fingerprint density at radius 2 is 2.24 bits per heavy atom. The van der Waals surface area contributed by atoms with Crippen molar-refractivity contribution in [2.24, 2.45) is 5.73 Å². The molecule has 2 rings (SSSR count). The largest absolute Gasteiger partial charge is 0.367 e. The molecule has 0 bridgehead atoms. The van der Waals surface area contributed by atoms with Gasteiger partial charge in [-0.25, -0.2) is 4.39 Å². The molecule has 0 unspecified atom stereocenters. The summed E-state index contributed by atoms with van der Waals surface area (Å²) in [5.41, 5.74) is 4.77. The molecule has 0 radical (unpaired) electrons. The molecule has 3 N–H and O–H groups in total. The van der Waals surface area contributed by atoms with Gasteiger partial charge in [0.25, 0.3) is 5.91 Å². The van der Waals surface area contributed by atoms with Crippen LogP contribution in [0.2, 0.25) is 0 Å². The number of amides is 1. The maximum absolute atomic E-state index is 13.5. The Morgan fingerprint density at radius 1 is 1.53 bits per heavy atom. The van der Waals surface area contributed by atoms with Crippen molar-refractivity contribution in [1.82, 2.24) is 0 Å². The number of primary amides is 1. The average molecular weight is 233 g/mol. The summed E-state index contributed by atoms with van der Waals surface area (Å²) in [5, 5.41) is 12.0. The molecular weight excluding hydrogens is 221 g/mol. The summed E-state index contributed by atoms with van der Waals surface area (Å²) in [7, 11) is 0. The van der Waals surface area contributed by atoms with Crippen molar-refractivity contribution < 1.29 is 9.18 Å². The molecule has 1 fully saturated rings. The maximum atomic E-state index is 13.5. The molecular formula is C12H12FN3O. The van der Waals surface area contributed by atoms with Crippen LogP contribution in [-0.4, -0.2) is 11.4 Å². The first kappa shape index (κ1) is 11.4. The monoisotopic (exact) mass is 233 g/mol. The van der Waals surface area contributed by atoms with Crippen molar-refractivity contribution >= 4 is 11.6 Å². The van der Waals surface area contributed by atoms with E-state index in [4.69, 9.17) is 11.0 Å². The van der Waals surface area contributed by atoms with Crippen LogP contribution < -0.4 is 11.1 Å². The van der Waals surface area contributed by atoms with Crippen molar-refractivity contribution in [2.45, 2.75) is 24.8 Å². The van der Waals surface area contributed by atoms with Gasteiger partial charge in [-0.05, 0) is 37.5 Å². The van der Waals surface area contributed by atoms with E-state index in [2.05, 4.69) is 11.4 Å². The number of rotatable bonds is 3. The van der Waals surface area contributed by atoms with Crippen LogP contribution >= 0.6 is 0 Å². The first-order valence-corrected chi connectivity index (χ1v) is 5.35. The lowest BCUT2D eigenvalue weighted by atomic mass is 9.78. The molecule has 1 aromatic rings. The highest BCUT2D eigenvalue weighted by atomic mass is 19.1. The normalized spacial score (nSPS) is 16.7. The summed E-state index contributed by atoms with van der Waals surface area (Å²) in [6, 6.07) is 6.27. The molecule has 0 heterocycles. The summed E-state index contributed by atoms with van der Waals surface area (Å²) in [5.74, 6) is -1.47. The highest BCUT2D eigenvalue weighted by Crippen LogP contribution is 2.34. The maximum Gasteiger partial charge on any atom is 0.251 e. The van der Waals surface area contributed by atoms with Crippen molar-refractivity contribution in [1.29, 1.82) is 5.26 Å². The van der Waals surface area contributed by atoms with Crippen molar-refractivity contribution in [3.8, 4) is 6.07 Å². The summed E-state index contributed by atoms with van der Waals surface area (Å²) in [6.07, 6.45) is 2.49. The zero-order valence-electron chi connectivity index (χ0n) is 9.16. The molecule has 1 saturated carbocycles. The first-order chi connectivity index (χ1) is 8.06. The average Bonchev–Trinajstić information content (AvgIpc) is 2.23. The van der Waals surface area contributed by atoms with Crippen LogP contribution in [0.15, 0.2) is 18.2 Å². The van der Waals surface area contributed by atoms with E-state index in [1.807, 2.05) is 0 Å². The van der Waals surface area contributed by atoms with E-state index >= 15 is 0 Å². The van der Waals surface area contributed by atoms with Gasteiger partial charge in [0, 0.05) is 5.69 Å². The Balaban J connectivity index is 2.21. The second kappa shape index (κ2) is 4.06. The molecule has 1 aliphatic carbocycles. The molecule has 1 aromatic carbocycles. The minimum absolute atomic E-state index is 0.143. The van der Waals surface area contributed by atoms with E-state index in [0.29, 0.717) is 5.69 Å². The van der Waals surface area contributed by atoms with E-state index in [1.54, 1.807) is 6.07 Å². The summed E-state index contributed by atoms with van der Waals surface area (Å²) in [4.78, 5) is 10.9. The van der Waals surface area contributed by atoms with Crippen LogP contribution in [0.5, 0.6) is 0 Å². The SMILES string of the molecule is N#CC1(Nc2ccc(C(N)=O)c(F)c2)CCC1. The lowest BCUT2D eigenvalue weighted by Gasteiger charge is -2.36.